The smallest absolute Gasteiger partial charge is 0.162 e. The first-order valence-corrected chi connectivity index (χ1v) is 7.15. The third-order valence-electron chi connectivity index (χ3n) is 3.66. The molecule has 0 atom stereocenters. The van der Waals surface area contributed by atoms with E-state index in [2.05, 4.69) is 9.97 Å². The van der Waals surface area contributed by atoms with Crippen LogP contribution in [0.5, 0.6) is 11.5 Å². The fraction of sp³-hybridized carbons (Fsp3) is 0.176. The van der Waals surface area contributed by atoms with Crippen LogP contribution < -0.4 is 9.47 Å². The standard InChI is InChI=1S/C17H15N3O2/c1-20-11-19-16(13-4-2-3-7-18-13)17(20)12-5-6-14-15(10-12)22-9-8-21-14/h2-7,10-11H,8-9H2,1H3. The highest BCUT2D eigenvalue weighted by Crippen LogP contribution is 2.37. The van der Waals surface area contributed by atoms with Gasteiger partial charge in [0.1, 0.15) is 18.9 Å². The average molecular weight is 293 g/mol. The minimum atomic E-state index is 0.578. The third kappa shape index (κ3) is 2.11. The Bertz CT molecular complexity index is 812. The van der Waals surface area contributed by atoms with Crippen LogP contribution in [0.3, 0.4) is 0 Å². The third-order valence-corrected chi connectivity index (χ3v) is 3.66. The lowest BCUT2D eigenvalue weighted by atomic mass is 10.1. The Morgan fingerprint density at radius 2 is 1.86 bits per heavy atom. The number of fused-ring (bicyclic) bond motifs is 1. The lowest BCUT2D eigenvalue weighted by Gasteiger charge is -2.19. The van der Waals surface area contributed by atoms with E-state index in [1.807, 2.05) is 48.0 Å². The van der Waals surface area contributed by atoms with Gasteiger partial charge in [-0.15, -0.1) is 0 Å². The van der Waals surface area contributed by atoms with Crippen LogP contribution in [-0.2, 0) is 7.05 Å². The molecule has 0 saturated carbocycles. The van der Waals surface area contributed by atoms with E-state index in [1.54, 1.807) is 12.5 Å². The molecular formula is C17H15N3O2. The van der Waals surface area contributed by atoms with Crippen molar-refractivity contribution in [1.29, 1.82) is 0 Å². The zero-order valence-corrected chi connectivity index (χ0v) is 12.2. The van der Waals surface area contributed by atoms with E-state index in [9.17, 15) is 0 Å². The zero-order chi connectivity index (χ0) is 14.9. The second-order valence-electron chi connectivity index (χ2n) is 5.13. The van der Waals surface area contributed by atoms with Gasteiger partial charge in [0.2, 0.25) is 0 Å². The van der Waals surface area contributed by atoms with Crippen LogP contribution >= 0.6 is 0 Å². The molecule has 3 aromatic rings. The van der Waals surface area contributed by atoms with E-state index < -0.39 is 0 Å². The quantitative estimate of drug-likeness (QED) is 0.729. The Kier molecular flexibility index (Phi) is 3.04. The number of pyridine rings is 1. The van der Waals surface area contributed by atoms with Gasteiger partial charge in [-0.1, -0.05) is 6.07 Å². The van der Waals surface area contributed by atoms with Crippen LogP contribution in [0.4, 0.5) is 0 Å². The fourth-order valence-electron chi connectivity index (χ4n) is 2.65. The number of nitrogens with zero attached hydrogens (tertiary/aromatic N) is 3. The van der Waals surface area contributed by atoms with E-state index in [0.29, 0.717) is 13.2 Å². The van der Waals surface area contributed by atoms with Gasteiger partial charge in [0.25, 0.3) is 0 Å². The second kappa shape index (κ2) is 5.18. The molecule has 1 aromatic carbocycles. The topological polar surface area (TPSA) is 49.2 Å². The van der Waals surface area contributed by atoms with Crippen LogP contribution in [0.15, 0.2) is 48.9 Å². The number of aryl methyl sites for hydroxylation is 1. The molecule has 0 N–H and O–H groups in total. The number of benzene rings is 1. The summed E-state index contributed by atoms with van der Waals surface area (Å²) < 4.78 is 13.3. The molecule has 0 bridgehead atoms. The largest absolute Gasteiger partial charge is 0.486 e. The van der Waals surface area contributed by atoms with Crippen LogP contribution in [0.1, 0.15) is 0 Å². The normalized spacial score (nSPS) is 13.1. The summed E-state index contributed by atoms with van der Waals surface area (Å²) in [6, 6.07) is 11.8. The van der Waals surface area contributed by atoms with E-state index in [-0.39, 0.29) is 0 Å². The molecule has 22 heavy (non-hydrogen) atoms. The van der Waals surface area contributed by atoms with Gasteiger partial charge in [-0.05, 0) is 30.3 Å². The number of imidazole rings is 1. The summed E-state index contributed by atoms with van der Waals surface area (Å²) in [4.78, 5) is 8.91. The molecular weight excluding hydrogens is 278 g/mol. The maximum atomic E-state index is 5.68. The van der Waals surface area contributed by atoms with Crippen LogP contribution in [-0.4, -0.2) is 27.7 Å². The van der Waals surface area contributed by atoms with Crippen molar-refractivity contribution in [3.05, 3.63) is 48.9 Å². The molecule has 5 nitrogen and oxygen atoms in total. The Labute approximate surface area is 128 Å². The molecule has 1 aliphatic rings. The van der Waals surface area contributed by atoms with Crippen molar-refractivity contribution >= 4 is 0 Å². The van der Waals surface area contributed by atoms with Gasteiger partial charge < -0.3 is 14.0 Å². The average Bonchev–Trinajstić information content (AvgIpc) is 2.97. The Hall–Kier alpha value is -2.82. The summed E-state index contributed by atoms with van der Waals surface area (Å²) >= 11 is 0. The van der Waals surface area contributed by atoms with Gasteiger partial charge in [0.15, 0.2) is 11.5 Å². The molecule has 0 aliphatic carbocycles. The molecule has 0 fully saturated rings. The molecule has 0 amide bonds. The first-order valence-electron chi connectivity index (χ1n) is 7.15. The van der Waals surface area contributed by atoms with Crippen LogP contribution in [0.25, 0.3) is 22.6 Å². The maximum Gasteiger partial charge on any atom is 0.162 e. The highest BCUT2D eigenvalue weighted by molar-refractivity contribution is 5.78. The van der Waals surface area contributed by atoms with E-state index in [1.165, 1.54) is 0 Å². The molecule has 110 valence electrons. The van der Waals surface area contributed by atoms with Crippen molar-refractivity contribution in [3.63, 3.8) is 0 Å². The lowest BCUT2D eigenvalue weighted by molar-refractivity contribution is 0.171. The van der Waals surface area contributed by atoms with E-state index in [0.717, 1.165) is 34.1 Å². The highest BCUT2D eigenvalue weighted by Gasteiger charge is 2.18. The van der Waals surface area contributed by atoms with Crippen LogP contribution in [0.2, 0.25) is 0 Å². The van der Waals surface area contributed by atoms with Gasteiger partial charge >= 0.3 is 0 Å². The summed E-state index contributed by atoms with van der Waals surface area (Å²) in [6.45, 7) is 1.17. The van der Waals surface area contributed by atoms with Crippen LogP contribution in [0, 0.1) is 0 Å². The summed E-state index contributed by atoms with van der Waals surface area (Å²) in [7, 11) is 1.98. The van der Waals surface area contributed by atoms with Crippen molar-refractivity contribution in [1.82, 2.24) is 14.5 Å². The monoisotopic (exact) mass is 293 g/mol. The molecule has 4 rings (SSSR count). The van der Waals surface area contributed by atoms with Gasteiger partial charge in [-0.25, -0.2) is 4.98 Å². The predicted molar refractivity (Wildman–Crippen MR) is 82.9 cm³/mol. The molecule has 1 aliphatic heterocycles. The second-order valence-corrected chi connectivity index (χ2v) is 5.13. The summed E-state index contributed by atoms with van der Waals surface area (Å²) in [5.74, 6) is 1.56. The van der Waals surface area contributed by atoms with E-state index >= 15 is 0 Å². The van der Waals surface area contributed by atoms with Gasteiger partial charge in [0.05, 0.1) is 17.7 Å². The Balaban J connectivity index is 1.85. The number of hydrogen-bond donors (Lipinski definition) is 0. The first-order chi connectivity index (χ1) is 10.8. The van der Waals surface area contributed by atoms with Crippen molar-refractivity contribution in [2.75, 3.05) is 13.2 Å². The molecule has 3 heterocycles. The molecule has 0 saturated heterocycles. The maximum absolute atomic E-state index is 5.68. The molecule has 2 aromatic heterocycles. The molecule has 0 spiro atoms. The number of aromatic nitrogens is 3. The summed E-state index contributed by atoms with van der Waals surface area (Å²) in [6.07, 6.45) is 3.58. The zero-order valence-electron chi connectivity index (χ0n) is 12.2. The summed E-state index contributed by atoms with van der Waals surface area (Å²) in [5, 5.41) is 0. The SMILES string of the molecule is Cn1cnc(-c2ccccn2)c1-c1ccc2c(c1)OCCO2. The van der Waals surface area contributed by atoms with Crippen molar-refractivity contribution < 1.29 is 9.47 Å². The van der Waals surface area contributed by atoms with E-state index in [4.69, 9.17) is 9.47 Å². The number of hydrogen-bond acceptors (Lipinski definition) is 4. The minimum absolute atomic E-state index is 0.578. The molecule has 5 heteroatoms. The van der Waals surface area contributed by atoms with Crippen molar-refractivity contribution in [2.24, 2.45) is 7.05 Å². The lowest BCUT2D eigenvalue weighted by Crippen LogP contribution is -2.15. The molecule has 0 radical (unpaired) electrons. The number of ether oxygens (including phenoxy) is 2. The minimum Gasteiger partial charge on any atom is -0.486 e. The Morgan fingerprint density at radius 3 is 2.68 bits per heavy atom. The fourth-order valence-corrected chi connectivity index (χ4v) is 2.65. The summed E-state index contributed by atoms with van der Waals surface area (Å²) in [5.41, 5.74) is 3.76. The van der Waals surface area contributed by atoms with Crippen molar-refractivity contribution in [3.8, 4) is 34.1 Å². The van der Waals surface area contributed by atoms with Crippen molar-refractivity contribution in [2.45, 2.75) is 0 Å². The van der Waals surface area contributed by atoms with Gasteiger partial charge in [-0.2, -0.15) is 0 Å². The molecule has 0 unspecified atom stereocenters. The number of rotatable bonds is 2. The first kappa shape index (κ1) is 12.9. The Morgan fingerprint density at radius 1 is 1.00 bits per heavy atom. The highest BCUT2D eigenvalue weighted by atomic mass is 16.6. The van der Waals surface area contributed by atoms with Gasteiger partial charge in [0, 0.05) is 18.8 Å². The van der Waals surface area contributed by atoms with Gasteiger partial charge in [-0.3, -0.25) is 4.98 Å². The predicted octanol–water partition coefficient (Wildman–Crippen LogP) is 2.92.